The molecule has 0 amide bonds. The number of hydrogen-bond acceptors (Lipinski definition) is 4. The van der Waals surface area contributed by atoms with E-state index in [2.05, 4.69) is 9.71 Å². The summed E-state index contributed by atoms with van der Waals surface area (Å²) in [5, 5.41) is 9.18. The van der Waals surface area contributed by atoms with Crippen LogP contribution in [-0.4, -0.2) is 35.6 Å². The Bertz CT molecular complexity index is 604. The lowest BCUT2D eigenvalue weighted by molar-refractivity contribution is -0.144. The summed E-state index contributed by atoms with van der Waals surface area (Å²) in [6.45, 7) is 1.87. The van der Waals surface area contributed by atoms with Crippen molar-refractivity contribution in [2.24, 2.45) is 18.9 Å². The number of hydrogen-bond donors (Lipinski definition) is 2. The first-order valence-corrected chi connectivity index (χ1v) is 8.52. The summed E-state index contributed by atoms with van der Waals surface area (Å²) < 4.78 is 28.5. The molecule has 1 aliphatic rings. The van der Waals surface area contributed by atoms with Crippen LogP contribution in [0.3, 0.4) is 0 Å². The van der Waals surface area contributed by atoms with Crippen molar-refractivity contribution in [1.29, 1.82) is 0 Å². The van der Waals surface area contributed by atoms with Crippen molar-refractivity contribution in [1.82, 2.24) is 14.3 Å². The topological polar surface area (TPSA) is 101 Å². The van der Waals surface area contributed by atoms with Gasteiger partial charge in [0.2, 0.25) is 0 Å². The molecule has 1 saturated carbocycles. The lowest BCUT2D eigenvalue weighted by Gasteiger charge is -2.28. The highest BCUT2D eigenvalue weighted by Crippen LogP contribution is 2.30. The van der Waals surface area contributed by atoms with Crippen LogP contribution in [0.2, 0.25) is 0 Å². The Morgan fingerprint density at radius 2 is 2.14 bits per heavy atom. The fourth-order valence-electron chi connectivity index (χ4n) is 2.72. The molecule has 2 unspecified atom stereocenters. The van der Waals surface area contributed by atoms with E-state index in [1.807, 2.05) is 0 Å². The van der Waals surface area contributed by atoms with Crippen LogP contribution < -0.4 is 4.72 Å². The van der Waals surface area contributed by atoms with Crippen LogP contribution >= 0.6 is 0 Å². The molecule has 1 aromatic rings. The van der Waals surface area contributed by atoms with E-state index in [-0.39, 0.29) is 17.5 Å². The Morgan fingerprint density at radius 3 is 2.71 bits per heavy atom. The van der Waals surface area contributed by atoms with Crippen molar-refractivity contribution in [3.63, 3.8) is 0 Å². The number of carboxylic acid groups (broad SMARTS) is 1. The Balaban J connectivity index is 2.05. The minimum atomic E-state index is -3.69. The van der Waals surface area contributed by atoms with E-state index in [4.69, 9.17) is 0 Å². The summed E-state index contributed by atoms with van der Waals surface area (Å²) in [6.07, 6.45) is 4.64. The van der Waals surface area contributed by atoms with Crippen molar-refractivity contribution in [2.75, 3.05) is 6.54 Å². The summed E-state index contributed by atoms with van der Waals surface area (Å²) in [6, 6.07) is 0. The van der Waals surface area contributed by atoms with Gasteiger partial charge >= 0.3 is 5.97 Å². The van der Waals surface area contributed by atoms with Gasteiger partial charge in [0, 0.05) is 19.8 Å². The molecule has 118 valence electrons. The summed E-state index contributed by atoms with van der Waals surface area (Å²) in [7, 11) is -1.96. The van der Waals surface area contributed by atoms with Gasteiger partial charge in [-0.25, -0.2) is 18.1 Å². The number of carboxylic acids is 1. The summed E-state index contributed by atoms with van der Waals surface area (Å²) >= 11 is 0. The minimum absolute atomic E-state index is 0.0230. The zero-order chi connectivity index (χ0) is 15.6. The van der Waals surface area contributed by atoms with E-state index in [9.17, 15) is 18.3 Å². The van der Waals surface area contributed by atoms with Gasteiger partial charge in [0.25, 0.3) is 10.0 Å². The number of nitrogens with one attached hydrogen (secondary N) is 1. The molecule has 0 saturated heterocycles. The van der Waals surface area contributed by atoms with Gasteiger partial charge in [0.05, 0.1) is 5.92 Å². The smallest absolute Gasteiger partial charge is 0.306 e. The van der Waals surface area contributed by atoms with Crippen molar-refractivity contribution >= 4 is 16.0 Å². The normalized spacial score (nSPS) is 23.1. The third-order valence-electron chi connectivity index (χ3n) is 4.12. The van der Waals surface area contributed by atoms with Crippen LogP contribution in [0.1, 0.15) is 31.5 Å². The average molecular weight is 315 g/mol. The second-order valence-electron chi connectivity index (χ2n) is 5.58. The van der Waals surface area contributed by atoms with E-state index in [0.29, 0.717) is 12.2 Å². The Kier molecular flexibility index (Phi) is 4.67. The van der Waals surface area contributed by atoms with Crippen LogP contribution in [0.4, 0.5) is 0 Å². The van der Waals surface area contributed by atoms with Crippen LogP contribution in [0.15, 0.2) is 11.2 Å². The first kappa shape index (κ1) is 16.0. The second kappa shape index (κ2) is 6.15. The zero-order valence-electron chi connectivity index (χ0n) is 12.2. The number of aliphatic carboxylic acids is 1. The number of imidazole rings is 1. The van der Waals surface area contributed by atoms with Gasteiger partial charge in [-0.05, 0) is 25.7 Å². The molecule has 1 aromatic heterocycles. The molecular weight excluding hydrogens is 294 g/mol. The summed E-state index contributed by atoms with van der Waals surface area (Å²) in [4.78, 5) is 15.2. The molecule has 0 spiro atoms. The number of rotatable bonds is 5. The average Bonchev–Trinajstić information content (AvgIpc) is 2.77. The van der Waals surface area contributed by atoms with Crippen LogP contribution in [0.5, 0.6) is 0 Å². The van der Waals surface area contributed by atoms with Gasteiger partial charge in [-0.1, -0.05) is 12.8 Å². The number of sulfonamides is 1. The molecule has 0 radical (unpaired) electrons. The highest BCUT2D eigenvalue weighted by atomic mass is 32.2. The molecule has 2 rings (SSSR count). The fraction of sp³-hybridized carbons (Fsp3) is 0.692. The van der Waals surface area contributed by atoms with Gasteiger partial charge in [-0.3, -0.25) is 4.79 Å². The van der Waals surface area contributed by atoms with E-state index in [0.717, 1.165) is 19.3 Å². The van der Waals surface area contributed by atoms with Gasteiger partial charge in [-0.2, -0.15) is 0 Å². The highest BCUT2D eigenvalue weighted by molar-refractivity contribution is 7.89. The Morgan fingerprint density at radius 1 is 1.48 bits per heavy atom. The predicted molar refractivity (Wildman–Crippen MR) is 76.2 cm³/mol. The third kappa shape index (κ3) is 3.62. The van der Waals surface area contributed by atoms with Crippen LogP contribution in [0.25, 0.3) is 0 Å². The predicted octanol–water partition coefficient (Wildman–Crippen LogP) is 0.898. The molecule has 0 bridgehead atoms. The van der Waals surface area contributed by atoms with E-state index in [1.165, 1.54) is 6.20 Å². The van der Waals surface area contributed by atoms with Crippen molar-refractivity contribution < 1.29 is 18.3 Å². The van der Waals surface area contributed by atoms with Crippen molar-refractivity contribution in [3.8, 4) is 0 Å². The minimum Gasteiger partial charge on any atom is -0.481 e. The first-order chi connectivity index (χ1) is 9.81. The molecule has 1 fully saturated rings. The maximum atomic E-state index is 12.2. The maximum absolute atomic E-state index is 12.2. The lowest BCUT2D eigenvalue weighted by atomic mass is 9.79. The van der Waals surface area contributed by atoms with Gasteiger partial charge in [0.15, 0.2) is 5.03 Å². The fourth-order valence-corrected chi connectivity index (χ4v) is 3.85. The Labute approximate surface area is 124 Å². The second-order valence-corrected chi connectivity index (χ2v) is 7.29. The molecule has 8 heteroatoms. The molecule has 21 heavy (non-hydrogen) atoms. The van der Waals surface area contributed by atoms with Gasteiger partial charge < -0.3 is 9.67 Å². The van der Waals surface area contributed by atoms with Gasteiger partial charge in [-0.15, -0.1) is 0 Å². The Hall–Kier alpha value is -1.41. The molecular formula is C13H21N3O4S. The van der Waals surface area contributed by atoms with E-state index in [1.54, 1.807) is 18.5 Å². The zero-order valence-corrected chi connectivity index (χ0v) is 13.1. The molecule has 0 aromatic carbocycles. The quantitative estimate of drug-likeness (QED) is 0.840. The summed E-state index contributed by atoms with van der Waals surface area (Å²) in [5.41, 5.74) is 0. The summed E-state index contributed by atoms with van der Waals surface area (Å²) in [5.74, 6) is -0.855. The van der Waals surface area contributed by atoms with E-state index >= 15 is 0 Å². The SMILES string of the molecule is Cc1nc(S(=O)(=O)NCC2CCCCC2C(=O)O)cn1C. The number of aryl methyl sites for hydroxylation is 2. The maximum Gasteiger partial charge on any atom is 0.306 e. The molecule has 2 atom stereocenters. The number of nitrogens with zero attached hydrogens (tertiary/aromatic N) is 2. The molecule has 2 N–H and O–H groups in total. The van der Waals surface area contributed by atoms with E-state index < -0.39 is 21.9 Å². The largest absolute Gasteiger partial charge is 0.481 e. The number of aromatic nitrogens is 2. The first-order valence-electron chi connectivity index (χ1n) is 7.03. The highest BCUT2D eigenvalue weighted by Gasteiger charge is 2.32. The number of carbonyl (C=O) groups is 1. The molecule has 1 aliphatic carbocycles. The van der Waals surface area contributed by atoms with Crippen LogP contribution in [-0.2, 0) is 21.9 Å². The van der Waals surface area contributed by atoms with Crippen LogP contribution in [0, 0.1) is 18.8 Å². The molecule has 7 nitrogen and oxygen atoms in total. The lowest BCUT2D eigenvalue weighted by Crippen LogP contribution is -2.37. The van der Waals surface area contributed by atoms with Crippen molar-refractivity contribution in [2.45, 2.75) is 37.6 Å². The standard InChI is InChI=1S/C13H21N3O4S/c1-9-15-12(8-16(9)2)21(19,20)14-7-10-5-3-4-6-11(10)13(17)18/h8,10-11,14H,3-7H2,1-2H3,(H,17,18). The molecule has 1 heterocycles. The molecule has 0 aliphatic heterocycles. The van der Waals surface area contributed by atoms with Gasteiger partial charge in [0.1, 0.15) is 5.82 Å². The third-order valence-corrected chi connectivity index (χ3v) is 5.42. The van der Waals surface area contributed by atoms with Crippen molar-refractivity contribution in [3.05, 3.63) is 12.0 Å². The monoisotopic (exact) mass is 315 g/mol.